The summed E-state index contributed by atoms with van der Waals surface area (Å²) in [6, 6.07) is 21.9. The molecule has 0 atom stereocenters. The lowest BCUT2D eigenvalue weighted by Crippen LogP contribution is -2.38. The van der Waals surface area contributed by atoms with Crippen molar-refractivity contribution in [1.29, 1.82) is 0 Å². The highest BCUT2D eigenvalue weighted by atomic mass is 16.5. The predicted molar refractivity (Wildman–Crippen MR) is 142 cm³/mol. The average Bonchev–Trinajstić information content (AvgIpc) is 3.35. The van der Waals surface area contributed by atoms with E-state index >= 15 is 0 Å². The number of fused-ring (bicyclic) bond motifs is 1. The second-order valence-corrected chi connectivity index (χ2v) is 9.36. The fourth-order valence-corrected chi connectivity index (χ4v) is 5.09. The third-order valence-electron chi connectivity index (χ3n) is 7.01. The SMILES string of the molecule is O=C(NC1CCC(n2cc(-c3ccc(Oc4ccccc4)cc3)c3cncnc32)CC1)c1ccncc1. The summed E-state index contributed by atoms with van der Waals surface area (Å²) in [5.74, 6) is 1.57. The Hall–Kier alpha value is -4.52. The minimum Gasteiger partial charge on any atom is -0.457 e. The predicted octanol–water partition coefficient (Wildman–Crippen LogP) is 6.20. The fourth-order valence-electron chi connectivity index (χ4n) is 5.09. The number of rotatable bonds is 6. The monoisotopic (exact) mass is 489 g/mol. The van der Waals surface area contributed by atoms with Crippen molar-refractivity contribution in [1.82, 2.24) is 24.8 Å². The van der Waals surface area contributed by atoms with Crippen LogP contribution >= 0.6 is 0 Å². The number of pyridine rings is 1. The van der Waals surface area contributed by atoms with Gasteiger partial charge in [0.25, 0.3) is 5.91 Å². The number of amides is 1. The van der Waals surface area contributed by atoms with Crippen molar-refractivity contribution < 1.29 is 9.53 Å². The highest BCUT2D eigenvalue weighted by Crippen LogP contribution is 2.37. The van der Waals surface area contributed by atoms with Crippen molar-refractivity contribution in [2.45, 2.75) is 37.8 Å². The van der Waals surface area contributed by atoms with E-state index in [0.717, 1.165) is 59.3 Å². The minimum atomic E-state index is -0.0352. The Labute approximate surface area is 215 Å². The van der Waals surface area contributed by atoms with Crippen LogP contribution in [0.2, 0.25) is 0 Å². The van der Waals surface area contributed by atoms with Gasteiger partial charge in [-0.15, -0.1) is 0 Å². The average molecular weight is 490 g/mol. The number of ether oxygens (including phenoxy) is 1. The number of carbonyl (C=O) groups is 1. The van der Waals surface area contributed by atoms with E-state index in [1.807, 2.05) is 48.7 Å². The Morgan fingerprint density at radius 3 is 2.35 bits per heavy atom. The minimum absolute atomic E-state index is 0.0352. The Morgan fingerprint density at radius 1 is 0.865 bits per heavy atom. The third-order valence-corrected chi connectivity index (χ3v) is 7.01. The van der Waals surface area contributed by atoms with Crippen molar-refractivity contribution in [3.05, 3.63) is 103 Å². The molecule has 5 aromatic rings. The first-order chi connectivity index (χ1) is 18.2. The molecule has 2 aromatic carbocycles. The summed E-state index contributed by atoms with van der Waals surface area (Å²) in [6.45, 7) is 0. The first kappa shape index (κ1) is 22.9. The highest BCUT2D eigenvalue weighted by Gasteiger charge is 2.26. The first-order valence-electron chi connectivity index (χ1n) is 12.6. The fraction of sp³-hybridized carbons (Fsp3) is 0.200. The van der Waals surface area contributed by atoms with Crippen molar-refractivity contribution in [2.75, 3.05) is 0 Å². The molecule has 3 aromatic heterocycles. The molecule has 7 heteroatoms. The van der Waals surface area contributed by atoms with Gasteiger partial charge in [0, 0.05) is 53.4 Å². The summed E-state index contributed by atoms with van der Waals surface area (Å²) in [4.78, 5) is 25.5. The molecule has 6 rings (SSSR count). The molecular formula is C30H27N5O2. The highest BCUT2D eigenvalue weighted by molar-refractivity contribution is 5.94. The van der Waals surface area contributed by atoms with Crippen molar-refractivity contribution in [3.63, 3.8) is 0 Å². The quantitative estimate of drug-likeness (QED) is 0.307. The molecule has 1 aliphatic rings. The van der Waals surface area contributed by atoms with Gasteiger partial charge in [-0.3, -0.25) is 9.78 Å². The van der Waals surface area contributed by atoms with Gasteiger partial charge in [-0.05, 0) is 67.6 Å². The van der Waals surface area contributed by atoms with Crippen LogP contribution in [0.4, 0.5) is 0 Å². The number of nitrogens with zero attached hydrogens (tertiary/aromatic N) is 4. The van der Waals surface area contributed by atoms with Gasteiger partial charge in [0.1, 0.15) is 23.5 Å². The standard InChI is InChI=1S/C30H27N5O2/c36-30(22-14-16-31-17-15-22)34-23-8-10-24(11-9-23)35-19-28(27-18-32-20-33-29(27)35)21-6-12-26(13-7-21)37-25-4-2-1-3-5-25/h1-7,12-20,23-24H,8-11H2,(H,34,36). The number of para-hydroxylation sites is 1. The van der Waals surface area contributed by atoms with Crippen LogP contribution in [-0.4, -0.2) is 31.5 Å². The maximum Gasteiger partial charge on any atom is 0.251 e. The van der Waals surface area contributed by atoms with E-state index in [-0.39, 0.29) is 11.9 Å². The molecule has 0 spiro atoms. The summed E-state index contributed by atoms with van der Waals surface area (Å²) in [7, 11) is 0. The molecule has 1 amide bonds. The van der Waals surface area contributed by atoms with Crippen LogP contribution < -0.4 is 10.1 Å². The lowest BCUT2D eigenvalue weighted by atomic mass is 9.91. The summed E-state index contributed by atoms with van der Waals surface area (Å²) in [6.07, 6.45) is 12.8. The van der Waals surface area contributed by atoms with Crippen molar-refractivity contribution in [3.8, 4) is 22.6 Å². The Kier molecular flexibility index (Phi) is 6.33. The van der Waals surface area contributed by atoms with Gasteiger partial charge < -0.3 is 14.6 Å². The second kappa shape index (κ2) is 10.2. The zero-order valence-electron chi connectivity index (χ0n) is 20.3. The molecule has 184 valence electrons. The van der Waals surface area contributed by atoms with E-state index in [1.54, 1.807) is 30.9 Å². The summed E-state index contributed by atoms with van der Waals surface area (Å²) in [5, 5.41) is 4.22. The Bertz CT molecular complexity index is 1490. The number of carbonyl (C=O) groups excluding carboxylic acids is 1. The molecule has 3 heterocycles. The molecule has 0 unspecified atom stereocenters. The van der Waals surface area contributed by atoms with Crippen molar-refractivity contribution in [2.24, 2.45) is 0 Å². The van der Waals surface area contributed by atoms with Gasteiger partial charge in [0.2, 0.25) is 0 Å². The van der Waals surface area contributed by atoms with E-state index in [4.69, 9.17) is 4.74 Å². The largest absolute Gasteiger partial charge is 0.457 e. The lowest BCUT2D eigenvalue weighted by molar-refractivity contribution is 0.0922. The van der Waals surface area contributed by atoms with Crippen LogP contribution in [0.25, 0.3) is 22.2 Å². The Balaban J connectivity index is 1.18. The number of hydrogen-bond donors (Lipinski definition) is 1. The maximum atomic E-state index is 12.6. The molecule has 1 N–H and O–H groups in total. The second-order valence-electron chi connectivity index (χ2n) is 9.36. The van der Waals surface area contributed by atoms with E-state index in [9.17, 15) is 4.79 Å². The van der Waals surface area contributed by atoms with E-state index < -0.39 is 0 Å². The molecule has 1 saturated carbocycles. The summed E-state index contributed by atoms with van der Waals surface area (Å²) >= 11 is 0. The first-order valence-corrected chi connectivity index (χ1v) is 12.6. The van der Waals surface area contributed by atoms with Crippen LogP contribution in [0.1, 0.15) is 42.1 Å². The zero-order chi connectivity index (χ0) is 25.0. The number of nitrogens with one attached hydrogen (secondary N) is 1. The molecule has 0 aliphatic heterocycles. The van der Waals surface area contributed by atoms with Gasteiger partial charge >= 0.3 is 0 Å². The van der Waals surface area contributed by atoms with Crippen LogP contribution in [0.3, 0.4) is 0 Å². The number of hydrogen-bond acceptors (Lipinski definition) is 5. The van der Waals surface area contributed by atoms with Gasteiger partial charge in [-0.25, -0.2) is 9.97 Å². The smallest absolute Gasteiger partial charge is 0.251 e. The molecule has 0 bridgehead atoms. The van der Waals surface area contributed by atoms with Crippen LogP contribution in [0, 0.1) is 0 Å². The summed E-state index contributed by atoms with van der Waals surface area (Å²) in [5.41, 5.74) is 3.79. The lowest BCUT2D eigenvalue weighted by Gasteiger charge is -2.30. The topological polar surface area (TPSA) is 81.9 Å². The van der Waals surface area contributed by atoms with Crippen LogP contribution in [-0.2, 0) is 0 Å². The molecule has 37 heavy (non-hydrogen) atoms. The van der Waals surface area contributed by atoms with Gasteiger partial charge in [0.05, 0.1) is 0 Å². The zero-order valence-corrected chi connectivity index (χ0v) is 20.3. The van der Waals surface area contributed by atoms with Gasteiger partial charge in [-0.1, -0.05) is 30.3 Å². The molecule has 1 fully saturated rings. The molecule has 0 saturated heterocycles. The van der Waals surface area contributed by atoms with Crippen LogP contribution in [0.15, 0.2) is 97.8 Å². The van der Waals surface area contributed by atoms with Crippen LogP contribution in [0.5, 0.6) is 11.5 Å². The number of benzene rings is 2. The third kappa shape index (κ3) is 4.93. The van der Waals surface area contributed by atoms with Crippen molar-refractivity contribution >= 4 is 16.9 Å². The van der Waals surface area contributed by atoms with E-state index in [2.05, 4.69) is 43.2 Å². The molecular weight excluding hydrogens is 462 g/mol. The molecule has 0 radical (unpaired) electrons. The Morgan fingerprint density at radius 2 is 1.59 bits per heavy atom. The summed E-state index contributed by atoms with van der Waals surface area (Å²) < 4.78 is 8.25. The van der Waals surface area contributed by atoms with Gasteiger partial charge in [0.15, 0.2) is 0 Å². The van der Waals surface area contributed by atoms with Gasteiger partial charge in [-0.2, -0.15) is 0 Å². The normalized spacial score (nSPS) is 17.4. The number of aromatic nitrogens is 4. The molecule has 1 aliphatic carbocycles. The van der Waals surface area contributed by atoms with E-state index in [0.29, 0.717) is 11.6 Å². The molecule has 7 nitrogen and oxygen atoms in total. The maximum absolute atomic E-state index is 12.6. The van der Waals surface area contributed by atoms with E-state index in [1.165, 1.54) is 0 Å².